The van der Waals surface area contributed by atoms with Crippen molar-refractivity contribution in [3.63, 3.8) is 0 Å². The molecule has 2 fully saturated rings. The van der Waals surface area contributed by atoms with Gasteiger partial charge in [-0.25, -0.2) is 9.37 Å². The van der Waals surface area contributed by atoms with Crippen LogP contribution in [-0.2, 0) is 5.41 Å². The third kappa shape index (κ3) is 3.58. The third-order valence-electron chi connectivity index (χ3n) is 6.63. The number of fused-ring (bicyclic) bond motifs is 2. The molecular formula is C31H33N2O2+. The Balaban J connectivity index is 1.70. The van der Waals surface area contributed by atoms with Gasteiger partial charge in [0.15, 0.2) is 5.71 Å². The summed E-state index contributed by atoms with van der Waals surface area (Å²) in [5.74, 6) is -1.27. The summed E-state index contributed by atoms with van der Waals surface area (Å²) in [5, 5.41) is 10.2. The van der Waals surface area contributed by atoms with Crippen molar-refractivity contribution >= 4 is 22.9 Å². The number of hydrogen-bond donors (Lipinski definition) is 1. The van der Waals surface area contributed by atoms with Crippen LogP contribution in [0.5, 0.6) is 0 Å². The first kappa shape index (κ1) is 10.7. The van der Waals surface area contributed by atoms with Gasteiger partial charge in [0.1, 0.15) is 18.5 Å². The smallest absolute Gasteiger partial charge is 0.336 e. The Labute approximate surface area is 230 Å². The predicted molar refractivity (Wildman–Crippen MR) is 142 cm³/mol. The first-order valence-corrected chi connectivity index (χ1v) is 11.1. The molecule has 2 aliphatic heterocycles. The molecule has 0 saturated carbocycles. The van der Waals surface area contributed by atoms with Crippen molar-refractivity contribution in [2.75, 3.05) is 30.9 Å². The van der Waals surface area contributed by atoms with Gasteiger partial charge in [-0.1, -0.05) is 38.1 Å². The van der Waals surface area contributed by atoms with Gasteiger partial charge < -0.3 is 10.0 Å². The van der Waals surface area contributed by atoms with E-state index in [1.54, 1.807) is 26.0 Å². The van der Waals surface area contributed by atoms with E-state index in [1.807, 2.05) is 0 Å². The zero-order valence-electron chi connectivity index (χ0n) is 35.0. The van der Waals surface area contributed by atoms with Crippen molar-refractivity contribution in [2.24, 2.45) is 0 Å². The molecule has 0 atom stereocenters. The molecule has 2 aliphatic carbocycles. The molecular weight excluding hydrogens is 432 g/mol. The lowest BCUT2D eigenvalue weighted by atomic mass is 9.64. The Hall–Kier alpha value is -3.40. The topological polar surface area (TPSA) is 43.5 Å². The summed E-state index contributed by atoms with van der Waals surface area (Å²) in [4.78, 5) is 12.9. The van der Waals surface area contributed by atoms with E-state index in [4.69, 9.17) is 21.9 Å². The molecule has 0 spiro atoms. The van der Waals surface area contributed by atoms with E-state index in [1.165, 1.54) is 48.6 Å². The Morgan fingerprint density at radius 1 is 1.00 bits per heavy atom. The molecule has 0 radical (unpaired) electrons. The number of carboxylic acid groups (broad SMARTS) is 1. The van der Waals surface area contributed by atoms with Crippen LogP contribution in [0.2, 0.25) is 0 Å². The fourth-order valence-electron chi connectivity index (χ4n) is 4.93. The largest absolute Gasteiger partial charge is 0.478 e. The average molecular weight is 482 g/mol. The van der Waals surface area contributed by atoms with Crippen LogP contribution in [0.15, 0.2) is 71.8 Å². The average Bonchev–Trinajstić information content (AvgIpc) is 3.12. The number of allylic oxidation sites excluding steroid dienone is 5. The minimum Gasteiger partial charge on any atom is -0.478 e. The Kier molecular flexibility index (Phi) is 2.56. The molecule has 35 heavy (non-hydrogen) atoms. The highest BCUT2D eigenvalue weighted by atomic mass is 16.4. The molecule has 4 heteroatoms. The van der Waals surface area contributed by atoms with Crippen LogP contribution in [-0.4, -0.2) is 47.4 Å². The van der Waals surface area contributed by atoms with Gasteiger partial charge in [-0.15, -0.1) is 0 Å². The Bertz CT molecular complexity index is 1990. The quantitative estimate of drug-likeness (QED) is 0.562. The number of hydrogen-bond acceptors (Lipinski definition) is 2. The standard InChI is InChI=1S/C31H32N2O2/c1-31(2)27-19-21(32-15-5-6-16-32)11-13-25(27)29(23-9-3-4-10-24(23)30(34)35)26-14-12-22(20-28(26)31)33-17-7-8-18-33/h3-4,9-14,19-20H,5-8,15-18H2,1-2H3/p+1/i5D2,6D2,7D2,8D2,15D2,16D2,17D2,18D2. The molecule has 4 aliphatic rings. The summed E-state index contributed by atoms with van der Waals surface area (Å²) in [5.41, 5.74) is 0.185. The van der Waals surface area contributed by atoms with Crippen LogP contribution in [0.4, 0.5) is 5.69 Å². The second-order valence-corrected chi connectivity index (χ2v) is 8.93. The summed E-state index contributed by atoms with van der Waals surface area (Å²) in [6.45, 7) is -9.43. The van der Waals surface area contributed by atoms with Crippen LogP contribution in [0, 0.1) is 0 Å². The van der Waals surface area contributed by atoms with Crippen molar-refractivity contribution in [3.05, 3.63) is 94.1 Å². The normalized spacial score (nSPS) is 39.0. The Morgan fingerprint density at radius 3 is 2.49 bits per heavy atom. The predicted octanol–water partition coefficient (Wildman–Crippen LogP) is 5.82. The maximum Gasteiger partial charge on any atom is 0.336 e. The monoisotopic (exact) mass is 481 g/mol. The minimum atomic E-state index is -3.32. The number of aromatic carboxylic acids is 1. The number of anilines is 1. The SMILES string of the molecule is [2H]C1([2H])N(c2ccc3c(c2)C(C)(C)C2=CC(=[N+]4C([2H])([2H])C([2H])([2H])C([2H])([2H])C4([2H])[2H])C=CC2=C3c2ccccc2C(=O)O)C([2H])([2H])C([2H])([2H])C1([2H])[2H]. The summed E-state index contributed by atoms with van der Waals surface area (Å²) in [6.07, 6.45) is -9.16. The van der Waals surface area contributed by atoms with Crippen molar-refractivity contribution in [1.29, 1.82) is 0 Å². The number of benzene rings is 2. The molecule has 1 N–H and O–H groups in total. The molecule has 4 nitrogen and oxygen atoms in total. The van der Waals surface area contributed by atoms with E-state index >= 15 is 0 Å². The first-order chi connectivity index (χ1) is 23.0. The van der Waals surface area contributed by atoms with E-state index in [0.717, 1.165) is 0 Å². The van der Waals surface area contributed by atoms with Gasteiger partial charge in [-0.05, 0) is 70.4 Å². The highest BCUT2D eigenvalue weighted by molar-refractivity contribution is 6.08. The van der Waals surface area contributed by atoms with E-state index in [-0.39, 0.29) is 22.5 Å². The summed E-state index contributed by atoms with van der Waals surface area (Å²) >= 11 is 0. The van der Waals surface area contributed by atoms with Crippen LogP contribution in [0.1, 0.15) is 88.3 Å². The number of carboxylic acids is 1. The van der Waals surface area contributed by atoms with E-state index in [2.05, 4.69) is 0 Å². The van der Waals surface area contributed by atoms with Gasteiger partial charge >= 0.3 is 5.97 Å². The molecule has 178 valence electrons. The lowest BCUT2D eigenvalue weighted by Crippen LogP contribution is -2.31. The zero-order valence-corrected chi connectivity index (χ0v) is 19.0. The highest BCUT2D eigenvalue weighted by Crippen LogP contribution is 2.51. The molecule has 2 aromatic carbocycles. The molecule has 6 rings (SSSR count). The van der Waals surface area contributed by atoms with Crippen LogP contribution in [0.25, 0.3) is 5.57 Å². The van der Waals surface area contributed by atoms with Crippen molar-refractivity contribution in [2.45, 2.75) is 44.8 Å². The molecule has 0 unspecified atom stereocenters. The zero-order chi connectivity index (χ0) is 38.5. The molecule has 0 amide bonds. The number of rotatable bonds is 3. The maximum atomic E-state index is 12.5. The van der Waals surface area contributed by atoms with Crippen LogP contribution >= 0.6 is 0 Å². The van der Waals surface area contributed by atoms with E-state index in [9.17, 15) is 9.90 Å². The first-order valence-electron chi connectivity index (χ1n) is 19.1. The maximum absolute atomic E-state index is 12.5. The van der Waals surface area contributed by atoms with E-state index < -0.39 is 62.9 Å². The van der Waals surface area contributed by atoms with E-state index in [0.29, 0.717) is 37.3 Å². The van der Waals surface area contributed by atoms with Crippen LogP contribution < -0.4 is 4.90 Å². The van der Waals surface area contributed by atoms with Crippen molar-refractivity contribution in [3.8, 4) is 0 Å². The van der Waals surface area contributed by atoms with Gasteiger partial charge in [-0.3, -0.25) is 0 Å². The number of carbonyl (C=O) groups is 1. The Morgan fingerprint density at radius 2 is 1.74 bits per heavy atom. The summed E-state index contributed by atoms with van der Waals surface area (Å²) < 4.78 is 135. The molecule has 2 aromatic rings. The van der Waals surface area contributed by atoms with Crippen molar-refractivity contribution < 1.29 is 36.4 Å². The van der Waals surface area contributed by atoms with Gasteiger partial charge in [0.2, 0.25) is 0 Å². The lowest BCUT2D eigenvalue weighted by molar-refractivity contribution is -0.504. The highest BCUT2D eigenvalue weighted by Gasteiger charge is 2.40. The summed E-state index contributed by atoms with van der Waals surface area (Å²) in [6, 6.07) is 10.2. The molecule has 0 bridgehead atoms. The minimum absolute atomic E-state index is 0.112. The van der Waals surface area contributed by atoms with Gasteiger partial charge in [-0.2, -0.15) is 0 Å². The molecule has 2 saturated heterocycles. The van der Waals surface area contributed by atoms with Gasteiger partial charge in [0.05, 0.1) is 5.56 Å². The second kappa shape index (κ2) is 8.37. The fraction of sp³-hybridized carbons (Fsp3) is 0.355. The third-order valence-corrected chi connectivity index (χ3v) is 6.63. The van der Waals surface area contributed by atoms with Crippen molar-refractivity contribution in [1.82, 2.24) is 0 Å². The number of nitrogens with zero attached hydrogens (tertiary/aromatic N) is 2. The second-order valence-electron chi connectivity index (χ2n) is 8.93. The van der Waals surface area contributed by atoms with Gasteiger partial charge in [0.25, 0.3) is 0 Å². The fourth-order valence-corrected chi connectivity index (χ4v) is 4.93. The van der Waals surface area contributed by atoms with Gasteiger partial charge in [0, 0.05) is 65.4 Å². The summed E-state index contributed by atoms with van der Waals surface area (Å²) in [7, 11) is 0. The molecule has 0 aromatic heterocycles. The molecule has 2 heterocycles. The van der Waals surface area contributed by atoms with Crippen LogP contribution in [0.3, 0.4) is 0 Å². The lowest BCUT2D eigenvalue weighted by Gasteiger charge is -2.39.